The molecule has 0 fully saturated rings. The van der Waals surface area contributed by atoms with Gasteiger partial charge in [0.15, 0.2) is 5.75 Å². The van der Waals surface area contributed by atoms with E-state index in [2.05, 4.69) is 27.8 Å². The molecule has 0 atom stereocenters. The van der Waals surface area contributed by atoms with Crippen molar-refractivity contribution < 1.29 is 9.90 Å². The third-order valence-electron chi connectivity index (χ3n) is 4.78. The van der Waals surface area contributed by atoms with Gasteiger partial charge in [0.1, 0.15) is 5.52 Å². The minimum atomic E-state index is -0.300. The minimum Gasteiger partial charge on any atom is -0.504 e. The average molecular weight is 418 g/mol. The second-order valence-electron chi connectivity index (χ2n) is 6.88. The number of aromatic hydroxyl groups is 1. The highest BCUT2D eigenvalue weighted by molar-refractivity contribution is 6.36. The second kappa shape index (κ2) is 8.84. The molecule has 4 aromatic rings. The zero-order valence-electron chi connectivity index (χ0n) is 16.1. The van der Waals surface area contributed by atoms with Crippen LogP contribution < -0.4 is 10.6 Å². The smallest absolute Gasteiger partial charge is 0.243 e. The molecule has 0 saturated heterocycles. The Labute approximate surface area is 179 Å². The van der Waals surface area contributed by atoms with Crippen molar-refractivity contribution >= 4 is 39.8 Å². The van der Waals surface area contributed by atoms with Crippen molar-refractivity contribution in [2.45, 2.75) is 6.42 Å². The van der Waals surface area contributed by atoms with E-state index < -0.39 is 0 Å². The Morgan fingerprint density at radius 3 is 2.57 bits per heavy atom. The molecule has 1 heterocycles. The normalized spacial score (nSPS) is 10.7. The van der Waals surface area contributed by atoms with Crippen molar-refractivity contribution in [1.82, 2.24) is 4.98 Å². The number of carbonyl (C=O) groups excluding carboxylic acids is 1. The molecule has 30 heavy (non-hydrogen) atoms. The number of phenolic OH excluding ortho intramolecular Hbond substituents is 1. The number of pyridine rings is 1. The third-order valence-corrected chi connectivity index (χ3v) is 5.10. The van der Waals surface area contributed by atoms with Crippen LogP contribution in [0.5, 0.6) is 5.75 Å². The molecule has 150 valence electrons. The number of anilines is 2. The van der Waals surface area contributed by atoms with Gasteiger partial charge in [0.2, 0.25) is 5.91 Å². The highest BCUT2D eigenvalue weighted by Gasteiger charge is 2.14. The Morgan fingerprint density at radius 2 is 1.73 bits per heavy atom. The molecule has 0 aliphatic rings. The summed E-state index contributed by atoms with van der Waals surface area (Å²) in [6.45, 7) is 0.0448. The summed E-state index contributed by atoms with van der Waals surface area (Å²) in [6, 6.07) is 23.1. The van der Waals surface area contributed by atoms with Gasteiger partial charge in [0.25, 0.3) is 0 Å². The van der Waals surface area contributed by atoms with Crippen LogP contribution in [-0.2, 0) is 11.2 Å². The zero-order valence-corrected chi connectivity index (χ0v) is 16.9. The number of hydrogen-bond donors (Lipinski definition) is 3. The number of aromatic nitrogens is 1. The van der Waals surface area contributed by atoms with Crippen LogP contribution in [0.15, 0.2) is 79.0 Å². The molecule has 0 bridgehead atoms. The zero-order chi connectivity index (χ0) is 20.9. The van der Waals surface area contributed by atoms with Crippen LogP contribution >= 0.6 is 11.6 Å². The van der Waals surface area contributed by atoms with Gasteiger partial charge in [-0.1, -0.05) is 60.1 Å². The van der Waals surface area contributed by atoms with Gasteiger partial charge in [0, 0.05) is 17.3 Å². The molecule has 0 aliphatic heterocycles. The standard InChI is InChI=1S/C24H20ClN3O2/c25-19-14-21(24(30)23-18(19)10-6-12-26-23)28-22(29)15-27-20-11-5-4-9-17(20)13-16-7-2-1-3-8-16/h1-12,14,27,30H,13,15H2,(H,28,29). The summed E-state index contributed by atoms with van der Waals surface area (Å²) in [5.41, 5.74) is 3.76. The van der Waals surface area contributed by atoms with E-state index in [-0.39, 0.29) is 23.9 Å². The fourth-order valence-corrected chi connectivity index (χ4v) is 3.58. The van der Waals surface area contributed by atoms with Crippen LogP contribution in [0.2, 0.25) is 5.02 Å². The first kappa shape index (κ1) is 19.7. The van der Waals surface area contributed by atoms with Crippen molar-refractivity contribution in [3.05, 3.63) is 95.1 Å². The number of phenols is 1. The molecule has 3 N–H and O–H groups in total. The maximum absolute atomic E-state index is 12.5. The summed E-state index contributed by atoms with van der Waals surface area (Å²) >= 11 is 6.27. The van der Waals surface area contributed by atoms with Crippen LogP contribution in [0.3, 0.4) is 0 Å². The lowest BCUT2D eigenvalue weighted by Gasteiger charge is -2.14. The van der Waals surface area contributed by atoms with Gasteiger partial charge in [-0.15, -0.1) is 0 Å². The first-order valence-corrected chi connectivity index (χ1v) is 9.91. The Kier molecular flexibility index (Phi) is 5.82. The van der Waals surface area contributed by atoms with Crippen molar-refractivity contribution in [1.29, 1.82) is 0 Å². The number of carbonyl (C=O) groups is 1. The summed E-state index contributed by atoms with van der Waals surface area (Å²) < 4.78 is 0. The maximum Gasteiger partial charge on any atom is 0.243 e. The molecule has 3 aromatic carbocycles. The van der Waals surface area contributed by atoms with Crippen molar-refractivity contribution in [3.8, 4) is 5.75 Å². The fourth-order valence-electron chi connectivity index (χ4n) is 3.31. The molecule has 0 aliphatic carbocycles. The van der Waals surface area contributed by atoms with Gasteiger partial charge in [0.05, 0.1) is 17.3 Å². The van der Waals surface area contributed by atoms with Gasteiger partial charge in [-0.3, -0.25) is 9.78 Å². The predicted octanol–water partition coefficient (Wildman–Crippen LogP) is 5.24. The molecule has 5 nitrogen and oxygen atoms in total. The number of nitrogens with zero attached hydrogens (tertiary/aromatic N) is 1. The molecule has 4 rings (SSSR count). The molecule has 6 heteroatoms. The summed E-state index contributed by atoms with van der Waals surface area (Å²) in [4.78, 5) is 16.7. The van der Waals surface area contributed by atoms with Crippen molar-refractivity contribution in [2.24, 2.45) is 0 Å². The third kappa shape index (κ3) is 4.36. The van der Waals surface area contributed by atoms with Crippen LogP contribution in [0, 0.1) is 0 Å². The number of para-hydroxylation sites is 1. The Hall–Kier alpha value is -3.57. The van der Waals surface area contributed by atoms with Crippen molar-refractivity contribution in [3.63, 3.8) is 0 Å². The van der Waals surface area contributed by atoms with E-state index >= 15 is 0 Å². The quantitative estimate of drug-likeness (QED) is 0.375. The number of nitrogens with one attached hydrogen (secondary N) is 2. The highest BCUT2D eigenvalue weighted by Crippen LogP contribution is 2.36. The number of halogens is 1. The highest BCUT2D eigenvalue weighted by atomic mass is 35.5. The van der Waals surface area contributed by atoms with Gasteiger partial charge >= 0.3 is 0 Å². The lowest BCUT2D eigenvalue weighted by molar-refractivity contribution is -0.114. The van der Waals surface area contributed by atoms with E-state index in [4.69, 9.17) is 11.6 Å². The second-order valence-corrected chi connectivity index (χ2v) is 7.28. The van der Waals surface area contributed by atoms with Crippen LogP contribution in [0.1, 0.15) is 11.1 Å². The van der Waals surface area contributed by atoms with E-state index in [1.807, 2.05) is 42.5 Å². The maximum atomic E-state index is 12.5. The van der Waals surface area contributed by atoms with E-state index in [1.165, 1.54) is 11.6 Å². The monoisotopic (exact) mass is 417 g/mol. The van der Waals surface area contributed by atoms with E-state index in [0.29, 0.717) is 15.9 Å². The van der Waals surface area contributed by atoms with Gasteiger partial charge in [-0.25, -0.2) is 0 Å². The number of rotatable bonds is 6. The molecule has 0 radical (unpaired) electrons. The number of amides is 1. The van der Waals surface area contributed by atoms with Crippen LogP contribution in [-0.4, -0.2) is 22.5 Å². The molecule has 1 aromatic heterocycles. The topological polar surface area (TPSA) is 74.2 Å². The number of hydrogen-bond acceptors (Lipinski definition) is 4. The van der Waals surface area contributed by atoms with Crippen LogP contribution in [0.25, 0.3) is 10.9 Å². The summed E-state index contributed by atoms with van der Waals surface area (Å²) in [5.74, 6) is -0.404. The summed E-state index contributed by atoms with van der Waals surface area (Å²) in [5, 5.41) is 17.4. The SMILES string of the molecule is O=C(CNc1ccccc1Cc1ccccc1)Nc1cc(Cl)c2cccnc2c1O. The van der Waals surface area contributed by atoms with Crippen LogP contribution in [0.4, 0.5) is 11.4 Å². The summed E-state index contributed by atoms with van der Waals surface area (Å²) in [7, 11) is 0. The lowest BCUT2D eigenvalue weighted by atomic mass is 10.0. The molecular weight excluding hydrogens is 398 g/mol. The molecular formula is C24H20ClN3O2. The Bertz CT molecular complexity index is 1200. The van der Waals surface area contributed by atoms with Crippen molar-refractivity contribution in [2.75, 3.05) is 17.2 Å². The lowest BCUT2D eigenvalue weighted by Crippen LogP contribution is -2.22. The van der Waals surface area contributed by atoms with E-state index in [1.54, 1.807) is 18.3 Å². The first-order chi connectivity index (χ1) is 14.6. The molecule has 0 spiro atoms. The predicted molar refractivity (Wildman–Crippen MR) is 121 cm³/mol. The molecule has 1 amide bonds. The number of fused-ring (bicyclic) bond motifs is 1. The largest absolute Gasteiger partial charge is 0.504 e. The molecule has 0 unspecified atom stereocenters. The number of benzene rings is 3. The fraction of sp³-hybridized carbons (Fsp3) is 0.0833. The van der Waals surface area contributed by atoms with E-state index in [0.717, 1.165) is 17.7 Å². The van der Waals surface area contributed by atoms with Gasteiger partial charge in [-0.2, -0.15) is 0 Å². The Morgan fingerprint density at radius 1 is 0.967 bits per heavy atom. The Balaban J connectivity index is 1.46. The summed E-state index contributed by atoms with van der Waals surface area (Å²) in [6.07, 6.45) is 2.33. The van der Waals surface area contributed by atoms with Gasteiger partial charge in [-0.05, 0) is 41.8 Å². The van der Waals surface area contributed by atoms with E-state index in [9.17, 15) is 9.90 Å². The molecule has 0 saturated carbocycles. The average Bonchev–Trinajstić information content (AvgIpc) is 2.77. The van der Waals surface area contributed by atoms with Gasteiger partial charge < -0.3 is 15.7 Å². The first-order valence-electron chi connectivity index (χ1n) is 9.53. The minimum absolute atomic E-state index is 0.0448.